The lowest BCUT2D eigenvalue weighted by Crippen LogP contribution is -2.05. The van der Waals surface area contributed by atoms with Gasteiger partial charge in [0.05, 0.1) is 23.1 Å². The number of aromatic nitrogens is 1. The number of hydrogen-bond donors (Lipinski definition) is 3. The highest BCUT2D eigenvalue weighted by atomic mass is 19.1. The Kier molecular flexibility index (Phi) is 3.48. The van der Waals surface area contributed by atoms with Crippen molar-refractivity contribution in [3.8, 4) is 6.07 Å². The van der Waals surface area contributed by atoms with E-state index in [0.29, 0.717) is 0 Å². The third-order valence-electron chi connectivity index (χ3n) is 2.55. The number of nitriles is 1. The zero-order valence-corrected chi connectivity index (χ0v) is 10.1. The van der Waals surface area contributed by atoms with Crippen molar-refractivity contribution in [1.82, 2.24) is 4.98 Å². The number of nitrogens with zero attached hydrogens (tertiary/aromatic N) is 2. The summed E-state index contributed by atoms with van der Waals surface area (Å²) in [6.07, 6.45) is 1.18. The molecule has 0 bridgehead atoms. The number of halogens is 1. The van der Waals surface area contributed by atoms with Crippen molar-refractivity contribution < 1.29 is 14.3 Å². The van der Waals surface area contributed by atoms with E-state index >= 15 is 0 Å². The molecule has 0 radical (unpaired) electrons. The Hall–Kier alpha value is -3.14. The monoisotopic (exact) mass is 272 g/mol. The fourth-order valence-electron chi connectivity index (χ4n) is 1.60. The van der Waals surface area contributed by atoms with E-state index in [9.17, 15) is 9.18 Å². The van der Waals surface area contributed by atoms with E-state index in [-0.39, 0.29) is 28.3 Å². The van der Waals surface area contributed by atoms with Crippen LogP contribution in [-0.2, 0) is 0 Å². The lowest BCUT2D eigenvalue weighted by Gasteiger charge is -2.09. The first-order chi connectivity index (χ1) is 9.52. The number of nitrogen functional groups attached to an aromatic ring is 1. The minimum atomic E-state index is -1.20. The first-order valence-electron chi connectivity index (χ1n) is 5.47. The number of nitrogens with two attached hydrogens (primary N) is 1. The summed E-state index contributed by atoms with van der Waals surface area (Å²) >= 11 is 0. The molecule has 0 aliphatic rings. The van der Waals surface area contributed by atoms with Crippen LogP contribution in [0.5, 0.6) is 0 Å². The number of pyridine rings is 1. The van der Waals surface area contributed by atoms with Gasteiger partial charge < -0.3 is 16.2 Å². The van der Waals surface area contributed by atoms with Crippen molar-refractivity contribution in [1.29, 1.82) is 5.26 Å². The maximum atomic E-state index is 13.4. The topological polar surface area (TPSA) is 112 Å². The molecule has 0 fully saturated rings. The number of carboxylic acid groups (broad SMARTS) is 1. The van der Waals surface area contributed by atoms with E-state index in [2.05, 4.69) is 10.3 Å². The first-order valence-corrected chi connectivity index (χ1v) is 5.47. The lowest BCUT2D eigenvalue weighted by atomic mass is 10.1. The molecule has 2 aromatic rings. The molecule has 6 nitrogen and oxygen atoms in total. The van der Waals surface area contributed by atoms with E-state index in [0.717, 1.165) is 6.07 Å². The molecule has 0 saturated heterocycles. The van der Waals surface area contributed by atoms with Gasteiger partial charge in [-0.3, -0.25) is 0 Å². The number of hydrogen-bond acceptors (Lipinski definition) is 5. The maximum absolute atomic E-state index is 13.4. The van der Waals surface area contributed by atoms with Gasteiger partial charge in [-0.1, -0.05) is 6.07 Å². The number of carboxylic acids is 1. The second-order valence-corrected chi connectivity index (χ2v) is 3.86. The van der Waals surface area contributed by atoms with Crippen LogP contribution in [0.4, 0.5) is 21.6 Å². The zero-order chi connectivity index (χ0) is 14.7. The van der Waals surface area contributed by atoms with Crippen LogP contribution >= 0.6 is 0 Å². The third-order valence-corrected chi connectivity index (χ3v) is 2.55. The summed E-state index contributed by atoms with van der Waals surface area (Å²) in [5, 5.41) is 20.5. The zero-order valence-electron chi connectivity index (χ0n) is 10.1. The molecule has 0 saturated carbocycles. The molecule has 0 spiro atoms. The Morgan fingerprint density at radius 3 is 2.90 bits per heavy atom. The van der Waals surface area contributed by atoms with Gasteiger partial charge in [-0.15, -0.1) is 0 Å². The molecule has 1 heterocycles. The van der Waals surface area contributed by atoms with E-state index in [1.165, 1.54) is 24.4 Å². The van der Waals surface area contributed by atoms with Crippen molar-refractivity contribution >= 4 is 23.2 Å². The minimum Gasteiger partial charge on any atom is -0.478 e. The number of nitrogens with one attached hydrogen (secondary N) is 1. The lowest BCUT2D eigenvalue weighted by molar-refractivity contribution is 0.0698. The Morgan fingerprint density at radius 1 is 1.50 bits per heavy atom. The van der Waals surface area contributed by atoms with Crippen molar-refractivity contribution in [2.24, 2.45) is 0 Å². The third kappa shape index (κ3) is 2.49. The van der Waals surface area contributed by atoms with Gasteiger partial charge in [0.15, 0.2) is 0 Å². The second-order valence-electron chi connectivity index (χ2n) is 3.86. The molecule has 1 aromatic carbocycles. The Morgan fingerprint density at radius 2 is 2.25 bits per heavy atom. The number of rotatable bonds is 3. The van der Waals surface area contributed by atoms with Gasteiger partial charge in [-0.25, -0.2) is 14.2 Å². The predicted molar refractivity (Wildman–Crippen MR) is 70.0 cm³/mol. The molecule has 4 N–H and O–H groups in total. The van der Waals surface area contributed by atoms with Crippen LogP contribution in [0.25, 0.3) is 0 Å². The number of anilines is 3. The molecule has 0 amide bonds. The van der Waals surface area contributed by atoms with Gasteiger partial charge in [-0.05, 0) is 18.2 Å². The molecule has 0 aliphatic heterocycles. The van der Waals surface area contributed by atoms with Crippen LogP contribution in [0.2, 0.25) is 0 Å². The van der Waals surface area contributed by atoms with Crippen LogP contribution in [0.1, 0.15) is 15.9 Å². The highest BCUT2D eigenvalue weighted by molar-refractivity contribution is 5.94. The summed E-state index contributed by atoms with van der Waals surface area (Å²) in [5.74, 6) is -1.72. The molecule has 0 unspecified atom stereocenters. The van der Waals surface area contributed by atoms with Gasteiger partial charge in [0.1, 0.15) is 23.3 Å². The van der Waals surface area contributed by atoms with E-state index in [1.54, 1.807) is 6.07 Å². The number of benzene rings is 1. The van der Waals surface area contributed by atoms with Gasteiger partial charge in [0, 0.05) is 0 Å². The molecule has 7 heteroatoms. The Labute approximate surface area is 113 Å². The SMILES string of the molecule is N#Cc1c(F)cccc1Nc1cc(C(=O)O)c(N)cn1. The van der Waals surface area contributed by atoms with Crippen LogP contribution in [0.15, 0.2) is 30.5 Å². The fraction of sp³-hybridized carbons (Fsp3) is 0. The van der Waals surface area contributed by atoms with E-state index < -0.39 is 11.8 Å². The summed E-state index contributed by atoms with van der Waals surface area (Å²) < 4.78 is 13.4. The summed E-state index contributed by atoms with van der Waals surface area (Å²) in [7, 11) is 0. The normalized spacial score (nSPS) is 9.80. The van der Waals surface area contributed by atoms with Crippen molar-refractivity contribution in [2.75, 3.05) is 11.1 Å². The maximum Gasteiger partial charge on any atom is 0.337 e. The first kappa shape index (κ1) is 13.3. The smallest absolute Gasteiger partial charge is 0.337 e. The van der Waals surface area contributed by atoms with Crippen molar-refractivity contribution in [3.63, 3.8) is 0 Å². The van der Waals surface area contributed by atoms with Gasteiger partial charge in [0.2, 0.25) is 0 Å². The highest BCUT2D eigenvalue weighted by Gasteiger charge is 2.12. The molecule has 1 aromatic heterocycles. The van der Waals surface area contributed by atoms with Gasteiger partial charge in [0.25, 0.3) is 0 Å². The average Bonchev–Trinajstić information content (AvgIpc) is 2.41. The fourth-order valence-corrected chi connectivity index (χ4v) is 1.60. The molecule has 20 heavy (non-hydrogen) atoms. The van der Waals surface area contributed by atoms with Crippen molar-refractivity contribution in [3.05, 3.63) is 47.4 Å². The largest absolute Gasteiger partial charge is 0.478 e. The van der Waals surface area contributed by atoms with Crippen LogP contribution in [0.3, 0.4) is 0 Å². The summed E-state index contributed by atoms with van der Waals surface area (Å²) in [6, 6.07) is 7.00. The molecule has 100 valence electrons. The Balaban J connectivity index is 2.41. The van der Waals surface area contributed by atoms with Crippen LogP contribution < -0.4 is 11.1 Å². The van der Waals surface area contributed by atoms with Crippen LogP contribution in [-0.4, -0.2) is 16.1 Å². The molecule has 0 atom stereocenters. The molecular formula is C13H9FN4O2. The van der Waals surface area contributed by atoms with Crippen LogP contribution in [0, 0.1) is 17.1 Å². The minimum absolute atomic E-state index is 0.0165. The quantitative estimate of drug-likeness (QED) is 0.788. The van der Waals surface area contributed by atoms with Gasteiger partial charge in [-0.2, -0.15) is 5.26 Å². The molecule has 0 aliphatic carbocycles. The molecule has 2 rings (SSSR count). The number of aromatic carboxylic acids is 1. The highest BCUT2D eigenvalue weighted by Crippen LogP contribution is 2.23. The van der Waals surface area contributed by atoms with Crippen molar-refractivity contribution in [2.45, 2.75) is 0 Å². The summed E-state index contributed by atoms with van der Waals surface area (Å²) in [5.41, 5.74) is 5.39. The predicted octanol–water partition coefficient (Wildman–Crippen LogP) is 2.12. The van der Waals surface area contributed by atoms with E-state index in [1.807, 2.05) is 0 Å². The molecular weight excluding hydrogens is 263 g/mol. The number of carbonyl (C=O) groups is 1. The second kappa shape index (κ2) is 5.24. The Bertz CT molecular complexity index is 725. The standard InChI is InChI=1S/C13H9FN4O2/c14-9-2-1-3-11(8(9)5-15)18-12-4-7(13(19)20)10(16)6-17-12/h1-4,6H,16H2,(H,17,18)(H,19,20). The summed E-state index contributed by atoms with van der Waals surface area (Å²) in [4.78, 5) is 14.8. The average molecular weight is 272 g/mol. The summed E-state index contributed by atoms with van der Waals surface area (Å²) in [6.45, 7) is 0. The van der Waals surface area contributed by atoms with E-state index in [4.69, 9.17) is 16.1 Å². The van der Waals surface area contributed by atoms with Gasteiger partial charge >= 0.3 is 5.97 Å².